The summed E-state index contributed by atoms with van der Waals surface area (Å²) < 4.78 is 0. The van der Waals surface area contributed by atoms with Gasteiger partial charge in [0.1, 0.15) is 0 Å². The van der Waals surface area contributed by atoms with Gasteiger partial charge in [0.25, 0.3) is 0 Å². The van der Waals surface area contributed by atoms with Gasteiger partial charge in [-0.3, -0.25) is 9.97 Å². The molecule has 0 radical (unpaired) electrons. The number of rotatable bonds is 1. The van der Waals surface area contributed by atoms with E-state index in [-0.39, 0.29) is 5.59 Å². The second kappa shape index (κ2) is 2.77. The summed E-state index contributed by atoms with van der Waals surface area (Å²) in [7, 11) is -1.52. The minimum atomic E-state index is -1.52. The van der Waals surface area contributed by atoms with Crippen molar-refractivity contribution in [2.24, 2.45) is 0 Å². The van der Waals surface area contributed by atoms with E-state index in [9.17, 15) is 0 Å². The fourth-order valence-electron chi connectivity index (χ4n) is 0.536. The Morgan fingerprint density at radius 3 is 2.40 bits per heavy atom. The highest BCUT2D eigenvalue weighted by atomic mass is 16.4. The molecule has 0 unspecified atom stereocenters. The molecular weight excluding hydrogens is 131 g/mol. The van der Waals surface area contributed by atoms with Gasteiger partial charge >= 0.3 is 7.12 Å². The zero-order valence-corrected chi connectivity index (χ0v) is 5.52. The Morgan fingerprint density at radius 1 is 1.30 bits per heavy atom. The van der Waals surface area contributed by atoms with E-state index in [2.05, 4.69) is 9.97 Å². The second-order valence-electron chi connectivity index (χ2n) is 1.96. The van der Waals surface area contributed by atoms with E-state index in [0.717, 1.165) is 5.69 Å². The molecular formula is C5H7BN2O2. The number of hydrogen-bond donors (Lipinski definition) is 2. The van der Waals surface area contributed by atoms with E-state index in [4.69, 9.17) is 10.0 Å². The highest BCUT2D eigenvalue weighted by Crippen LogP contribution is 1.82. The fraction of sp³-hybridized carbons (Fsp3) is 0.200. The molecule has 0 fully saturated rings. The van der Waals surface area contributed by atoms with E-state index < -0.39 is 7.12 Å². The van der Waals surface area contributed by atoms with Crippen molar-refractivity contribution in [1.29, 1.82) is 0 Å². The van der Waals surface area contributed by atoms with Crippen LogP contribution in [0, 0.1) is 6.92 Å². The van der Waals surface area contributed by atoms with Crippen LogP contribution >= 0.6 is 0 Å². The lowest BCUT2D eigenvalue weighted by molar-refractivity contribution is 0.424. The SMILES string of the molecule is Cc1cnc(B(O)O)cn1. The van der Waals surface area contributed by atoms with Gasteiger partial charge in [-0.1, -0.05) is 0 Å². The van der Waals surface area contributed by atoms with Gasteiger partial charge in [-0.25, -0.2) is 0 Å². The van der Waals surface area contributed by atoms with Gasteiger partial charge in [-0.05, 0) is 6.92 Å². The monoisotopic (exact) mass is 138 g/mol. The number of aromatic nitrogens is 2. The molecule has 0 aliphatic heterocycles. The van der Waals surface area contributed by atoms with Gasteiger partial charge in [0, 0.05) is 12.4 Å². The summed E-state index contributed by atoms with van der Waals surface area (Å²) in [6.45, 7) is 1.78. The van der Waals surface area contributed by atoms with Crippen LogP contribution < -0.4 is 5.59 Å². The lowest BCUT2D eigenvalue weighted by Crippen LogP contribution is -2.32. The molecule has 1 aromatic heterocycles. The number of hydrogen-bond acceptors (Lipinski definition) is 4. The van der Waals surface area contributed by atoms with Crippen molar-refractivity contribution < 1.29 is 10.0 Å². The minimum absolute atomic E-state index is 0.172. The summed E-state index contributed by atoms with van der Waals surface area (Å²) in [5.41, 5.74) is 0.926. The van der Waals surface area contributed by atoms with Crippen molar-refractivity contribution in [2.75, 3.05) is 0 Å². The van der Waals surface area contributed by atoms with Gasteiger partial charge in [0.05, 0.1) is 11.3 Å². The number of aryl methyl sites for hydroxylation is 1. The van der Waals surface area contributed by atoms with E-state index in [1.807, 2.05) is 0 Å². The van der Waals surface area contributed by atoms with E-state index in [0.29, 0.717) is 0 Å². The Labute approximate surface area is 58.7 Å². The molecule has 0 aromatic carbocycles. The molecule has 0 aliphatic carbocycles. The fourth-order valence-corrected chi connectivity index (χ4v) is 0.536. The molecule has 0 aliphatic rings. The molecule has 0 saturated carbocycles. The molecule has 4 nitrogen and oxygen atoms in total. The molecule has 1 aromatic rings. The van der Waals surface area contributed by atoms with E-state index in [1.54, 1.807) is 6.92 Å². The molecule has 0 amide bonds. The summed E-state index contributed by atoms with van der Waals surface area (Å²) in [5.74, 6) is 0. The Balaban J connectivity index is 2.89. The van der Waals surface area contributed by atoms with Gasteiger partial charge < -0.3 is 10.0 Å². The van der Waals surface area contributed by atoms with Crippen LogP contribution in [-0.4, -0.2) is 27.1 Å². The molecule has 2 N–H and O–H groups in total. The molecule has 10 heavy (non-hydrogen) atoms. The standard InChI is InChI=1S/C5H7BN2O2/c1-4-2-8-5(3-7-4)6(9)10/h2-3,9-10H,1H3. The molecule has 1 heterocycles. The summed E-state index contributed by atoms with van der Waals surface area (Å²) in [6.07, 6.45) is 2.81. The maximum absolute atomic E-state index is 8.57. The highest BCUT2D eigenvalue weighted by molar-refractivity contribution is 6.57. The van der Waals surface area contributed by atoms with E-state index >= 15 is 0 Å². The maximum Gasteiger partial charge on any atom is 0.509 e. The van der Waals surface area contributed by atoms with Gasteiger partial charge in [0.2, 0.25) is 0 Å². The molecule has 5 heteroatoms. The first-order valence-corrected chi connectivity index (χ1v) is 2.85. The summed E-state index contributed by atoms with van der Waals surface area (Å²) >= 11 is 0. The van der Waals surface area contributed by atoms with Gasteiger partial charge in [0.15, 0.2) is 0 Å². The van der Waals surface area contributed by atoms with E-state index in [1.165, 1.54) is 12.4 Å². The van der Waals surface area contributed by atoms with Crippen LogP contribution in [-0.2, 0) is 0 Å². The third-order valence-electron chi connectivity index (χ3n) is 1.07. The molecule has 0 atom stereocenters. The van der Waals surface area contributed by atoms with Crippen LogP contribution in [0.3, 0.4) is 0 Å². The lowest BCUT2D eigenvalue weighted by Gasteiger charge is -1.95. The highest BCUT2D eigenvalue weighted by Gasteiger charge is 2.11. The van der Waals surface area contributed by atoms with Crippen LogP contribution in [0.4, 0.5) is 0 Å². The van der Waals surface area contributed by atoms with Crippen LogP contribution in [0.5, 0.6) is 0 Å². The minimum Gasteiger partial charge on any atom is -0.422 e. The topological polar surface area (TPSA) is 66.2 Å². The Hall–Kier alpha value is -0.935. The summed E-state index contributed by atoms with van der Waals surface area (Å²) in [5, 5.41) is 17.1. The molecule has 0 saturated heterocycles. The smallest absolute Gasteiger partial charge is 0.422 e. The van der Waals surface area contributed by atoms with Crippen molar-refractivity contribution >= 4 is 12.7 Å². The van der Waals surface area contributed by atoms with Crippen molar-refractivity contribution in [3.63, 3.8) is 0 Å². The summed E-state index contributed by atoms with van der Waals surface area (Å²) in [4.78, 5) is 7.53. The van der Waals surface area contributed by atoms with Crippen LogP contribution in [0.1, 0.15) is 5.69 Å². The van der Waals surface area contributed by atoms with Crippen LogP contribution in [0.25, 0.3) is 0 Å². The zero-order chi connectivity index (χ0) is 7.56. The first-order chi connectivity index (χ1) is 4.70. The normalized spacial score (nSPS) is 9.50. The quantitative estimate of drug-likeness (QED) is 0.461. The first-order valence-electron chi connectivity index (χ1n) is 2.85. The second-order valence-corrected chi connectivity index (χ2v) is 1.96. The average molecular weight is 138 g/mol. The molecule has 1 rings (SSSR count). The van der Waals surface area contributed by atoms with Crippen molar-refractivity contribution in [1.82, 2.24) is 9.97 Å². The Morgan fingerprint density at radius 2 is 2.00 bits per heavy atom. The predicted octanol–water partition coefficient (Wildman–Crippen LogP) is -1.54. The third kappa shape index (κ3) is 1.52. The molecule has 0 spiro atoms. The third-order valence-corrected chi connectivity index (χ3v) is 1.07. The Kier molecular flexibility index (Phi) is 1.98. The van der Waals surface area contributed by atoms with Crippen LogP contribution in [0.2, 0.25) is 0 Å². The maximum atomic E-state index is 8.57. The van der Waals surface area contributed by atoms with Crippen molar-refractivity contribution in [3.05, 3.63) is 18.1 Å². The van der Waals surface area contributed by atoms with Gasteiger partial charge in [-0.15, -0.1) is 0 Å². The molecule has 52 valence electrons. The summed E-state index contributed by atoms with van der Waals surface area (Å²) in [6, 6.07) is 0. The van der Waals surface area contributed by atoms with Crippen molar-refractivity contribution in [3.8, 4) is 0 Å². The Bertz CT molecular complexity index is 211. The van der Waals surface area contributed by atoms with Crippen molar-refractivity contribution in [2.45, 2.75) is 6.92 Å². The zero-order valence-electron chi connectivity index (χ0n) is 5.52. The number of nitrogens with zero attached hydrogens (tertiary/aromatic N) is 2. The lowest BCUT2D eigenvalue weighted by atomic mass is 9.87. The van der Waals surface area contributed by atoms with Gasteiger partial charge in [-0.2, -0.15) is 0 Å². The predicted molar refractivity (Wildman–Crippen MR) is 36.6 cm³/mol. The first kappa shape index (κ1) is 7.18. The molecule has 0 bridgehead atoms. The largest absolute Gasteiger partial charge is 0.509 e. The average Bonchev–Trinajstić information content (AvgIpc) is 1.88. The van der Waals surface area contributed by atoms with Crippen LogP contribution in [0.15, 0.2) is 12.4 Å².